The van der Waals surface area contributed by atoms with Crippen LogP contribution in [-0.2, 0) is 4.79 Å². The van der Waals surface area contributed by atoms with Gasteiger partial charge < -0.3 is 11.1 Å². The van der Waals surface area contributed by atoms with Crippen LogP contribution < -0.4 is 11.1 Å². The average molecular weight is 223 g/mol. The van der Waals surface area contributed by atoms with Crippen LogP contribution in [0, 0.1) is 12.3 Å². The number of nitrogens with zero attached hydrogens (tertiary/aromatic N) is 1. The number of likely N-dealkylation sites (tertiary alicyclic amines) is 1. The zero-order chi connectivity index (χ0) is 12.2. The van der Waals surface area contributed by atoms with E-state index >= 15 is 0 Å². The highest BCUT2D eigenvalue weighted by molar-refractivity contribution is 5.79. The number of amides is 1. The van der Waals surface area contributed by atoms with Gasteiger partial charge in [-0.2, -0.15) is 0 Å². The van der Waals surface area contributed by atoms with Gasteiger partial charge in [0.05, 0.1) is 12.1 Å². The Bertz CT molecular complexity index is 285. The lowest BCUT2D eigenvalue weighted by Crippen LogP contribution is -2.49. The number of nitrogens with two attached hydrogens (primary N) is 1. The van der Waals surface area contributed by atoms with E-state index in [4.69, 9.17) is 12.2 Å². The second kappa shape index (κ2) is 5.33. The fourth-order valence-electron chi connectivity index (χ4n) is 1.74. The van der Waals surface area contributed by atoms with Crippen molar-refractivity contribution >= 4 is 5.91 Å². The van der Waals surface area contributed by atoms with Gasteiger partial charge in [0, 0.05) is 19.1 Å². The van der Waals surface area contributed by atoms with E-state index in [0.29, 0.717) is 12.6 Å². The van der Waals surface area contributed by atoms with Crippen molar-refractivity contribution in [1.82, 2.24) is 10.2 Å². The highest BCUT2D eigenvalue weighted by Gasteiger charge is 2.21. The second-order valence-electron chi connectivity index (χ2n) is 4.93. The normalized spacial score (nSPS) is 19.1. The maximum absolute atomic E-state index is 11.7. The summed E-state index contributed by atoms with van der Waals surface area (Å²) in [7, 11) is 0. The standard InChI is InChI=1S/C12H21N3O/c1-4-12(2,3)14-11(16)9-15-7-5-10(13)6-8-15/h1,10H,5-9,13H2,2-3H3,(H,14,16). The number of hydrogen-bond acceptors (Lipinski definition) is 3. The van der Waals surface area contributed by atoms with Crippen molar-refractivity contribution in [2.24, 2.45) is 5.73 Å². The molecule has 0 aromatic carbocycles. The van der Waals surface area contributed by atoms with Crippen molar-refractivity contribution in [3.8, 4) is 12.3 Å². The van der Waals surface area contributed by atoms with Gasteiger partial charge in [-0.3, -0.25) is 9.69 Å². The van der Waals surface area contributed by atoms with E-state index in [0.717, 1.165) is 25.9 Å². The lowest BCUT2D eigenvalue weighted by Gasteiger charge is -2.30. The predicted octanol–water partition coefficient (Wildman–Crippen LogP) is -0.0625. The number of carbonyl (C=O) groups excluding carboxylic acids is 1. The lowest BCUT2D eigenvalue weighted by molar-refractivity contribution is -0.123. The van der Waals surface area contributed by atoms with E-state index < -0.39 is 5.54 Å². The van der Waals surface area contributed by atoms with Crippen LogP contribution in [0.1, 0.15) is 26.7 Å². The highest BCUT2D eigenvalue weighted by atomic mass is 16.2. The Labute approximate surface area is 97.6 Å². The first-order valence-corrected chi connectivity index (χ1v) is 5.69. The number of hydrogen-bond donors (Lipinski definition) is 2. The molecule has 1 fully saturated rings. The molecule has 1 saturated heterocycles. The SMILES string of the molecule is C#CC(C)(C)NC(=O)CN1CCC(N)CC1. The summed E-state index contributed by atoms with van der Waals surface area (Å²) < 4.78 is 0. The first-order valence-electron chi connectivity index (χ1n) is 5.69. The van der Waals surface area contributed by atoms with Crippen molar-refractivity contribution in [2.75, 3.05) is 19.6 Å². The molecular weight excluding hydrogens is 202 g/mol. The van der Waals surface area contributed by atoms with Gasteiger partial charge in [0.2, 0.25) is 5.91 Å². The van der Waals surface area contributed by atoms with Gasteiger partial charge in [-0.25, -0.2) is 0 Å². The monoisotopic (exact) mass is 223 g/mol. The Morgan fingerprint density at radius 1 is 1.56 bits per heavy atom. The van der Waals surface area contributed by atoms with Gasteiger partial charge in [-0.1, -0.05) is 5.92 Å². The molecule has 90 valence electrons. The summed E-state index contributed by atoms with van der Waals surface area (Å²) in [4.78, 5) is 13.8. The molecular formula is C12H21N3O. The second-order valence-corrected chi connectivity index (χ2v) is 4.93. The molecule has 0 unspecified atom stereocenters. The van der Waals surface area contributed by atoms with E-state index in [-0.39, 0.29) is 5.91 Å². The van der Waals surface area contributed by atoms with Gasteiger partial charge in [0.25, 0.3) is 0 Å². The Kier molecular flexibility index (Phi) is 4.34. The first-order chi connectivity index (χ1) is 7.43. The fourth-order valence-corrected chi connectivity index (χ4v) is 1.74. The largest absolute Gasteiger partial charge is 0.339 e. The summed E-state index contributed by atoms with van der Waals surface area (Å²) in [5.41, 5.74) is 5.23. The first kappa shape index (κ1) is 13.0. The van der Waals surface area contributed by atoms with Crippen LogP contribution in [0.25, 0.3) is 0 Å². The van der Waals surface area contributed by atoms with Crippen molar-refractivity contribution in [1.29, 1.82) is 0 Å². The van der Waals surface area contributed by atoms with Crippen molar-refractivity contribution < 1.29 is 4.79 Å². The molecule has 4 nitrogen and oxygen atoms in total. The van der Waals surface area contributed by atoms with Gasteiger partial charge in [-0.05, 0) is 26.7 Å². The third kappa shape index (κ3) is 4.21. The van der Waals surface area contributed by atoms with Gasteiger partial charge >= 0.3 is 0 Å². The van der Waals surface area contributed by atoms with E-state index in [2.05, 4.69) is 16.1 Å². The molecule has 1 rings (SSSR count). The van der Waals surface area contributed by atoms with Gasteiger partial charge in [0.1, 0.15) is 0 Å². The molecule has 0 aliphatic carbocycles. The van der Waals surface area contributed by atoms with Crippen LogP contribution in [0.15, 0.2) is 0 Å². The zero-order valence-electron chi connectivity index (χ0n) is 10.1. The molecule has 4 heteroatoms. The quantitative estimate of drug-likeness (QED) is 0.659. The summed E-state index contributed by atoms with van der Waals surface area (Å²) >= 11 is 0. The smallest absolute Gasteiger partial charge is 0.235 e. The van der Waals surface area contributed by atoms with Crippen molar-refractivity contribution in [3.05, 3.63) is 0 Å². The minimum absolute atomic E-state index is 0.0154. The highest BCUT2D eigenvalue weighted by Crippen LogP contribution is 2.07. The molecule has 0 aromatic heterocycles. The third-order valence-electron chi connectivity index (χ3n) is 2.81. The van der Waals surface area contributed by atoms with E-state index in [1.54, 1.807) is 0 Å². The molecule has 1 heterocycles. The number of rotatable bonds is 3. The Balaban J connectivity index is 2.33. The van der Waals surface area contributed by atoms with Crippen LogP contribution in [0.4, 0.5) is 0 Å². The average Bonchev–Trinajstić information content (AvgIpc) is 2.21. The van der Waals surface area contributed by atoms with E-state index in [9.17, 15) is 4.79 Å². The number of nitrogens with one attached hydrogen (secondary N) is 1. The molecule has 0 aromatic rings. The van der Waals surface area contributed by atoms with Crippen LogP contribution in [-0.4, -0.2) is 42.0 Å². The van der Waals surface area contributed by atoms with Gasteiger partial charge in [-0.15, -0.1) is 6.42 Å². The molecule has 0 spiro atoms. The molecule has 1 aliphatic rings. The topological polar surface area (TPSA) is 58.4 Å². The fraction of sp³-hybridized carbons (Fsp3) is 0.750. The number of carbonyl (C=O) groups is 1. The Morgan fingerprint density at radius 3 is 2.62 bits per heavy atom. The van der Waals surface area contributed by atoms with Crippen LogP contribution in [0.5, 0.6) is 0 Å². The summed E-state index contributed by atoms with van der Waals surface area (Å²) in [5, 5.41) is 2.82. The molecule has 3 N–H and O–H groups in total. The molecule has 16 heavy (non-hydrogen) atoms. The molecule has 1 amide bonds. The van der Waals surface area contributed by atoms with Crippen LogP contribution in [0.2, 0.25) is 0 Å². The summed E-state index contributed by atoms with van der Waals surface area (Å²) in [6.07, 6.45) is 7.24. The zero-order valence-corrected chi connectivity index (χ0v) is 10.1. The molecule has 1 aliphatic heterocycles. The van der Waals surface area contributed by atoms with Crippen molar-refractivity contribution in [3.63, 3.8) is 0 Å². The third-order valence-corrected chi connectivity index (χ3v) is 2.81. The maximum Gasteiger partial charge on any atom is 0.235 e. The lowest BCUT2D eigenvalue weighted by atomic mass is 10.1. The predicted molar refractivity (Wildman–Crippen MR) is 64.7 cm³/mol. The maximum atomic E-state index is 11.7. The van der Waals surface area contributed by atoms with E-state index in [1.807, 2.05) is 13.8 Å². The van der Waals surface area contributed by atoms with Crippen molar-refractivity contribution in [2.45, 2.75) is 38.3 Å². The molecule has 0 bridgehead atoms. The number of piperidine rings is 1. The van der Waals surface area contributed by atoms with Gasteiger partial charge in [0.15, 0.2) is 0 Å². The summed E-state index contributed by atoms with van der Waals surface area (Å²) in [6, 6.07) is 0.293. The molecule has 0 atom stereocenters. The molecule has 0 radical (unpaired) electrons. The van der Waals surface area contributed by atoms with Crippen LogP contribution >= 0.6 is 0 Å². The van der Waals surface area contributed by atoms with Crippen LogP contribution in [0.3, 0.4) is 0 Å². The Morgan fingerprint density at radius 2 is 2.12 bits per heavy atom. The number of terminal acetylenes is 1. The minimum Gasteiger partial charge on any atom is -0.339 e. The van der Waals surface area contributed by atoms with E-state index in [1.165, 1.54) is 0 Å². The molecule has 0 saturated carbocycles. The summed E-state index contributed by atoms with van der Waals surface area (Å²) in [6.45, 7) is 5.84. The minimum atomic E-state index is -0.566. The summed E-state index contributed by atoms with van der Waals surface area (Å²) in [5.74, 6) is 2.53. The Hall–Kier alpha value is -1.05.